The number of nitrogens with two attached hydrogens (primary N) is 1. The zero-order chi connectivity index (χ0) is 14.0. The van der Waals surface area contributed by atoms with Crippen LogP contribution in [0.5, 0.6) is 0 Å². The third-order valence-corrected chi connectivity index (χ3v) is 4.16. The summed E-state index contributed by atoms with van der Waals surface area (Å²) in [5.74, 6) is 0.340. The summed E-state index contributed by atoms with van der Waals surface area (Å²) in [6.45, 7) is 4.38. The lowest BCUT2D eigenvalue weighted by molar-refractivity contribution is 0.198. The molecule has 0 spiro atoms. The second kappa shape index (κ2) is 5.58. The molecule has 19 heavy (non-hydrogen) atoms. The van der Waals surface area contributed by atoms with E-state index in [-0.39, 0.29) is 5.82 Å². The molecule has 0 radical (unpaired) electrons. The summed E-state index contributed by atoms with van der Waals surface area (Å²) in [5.41, 5.74) is 6.05. The maximum absolute atomic E-state index is 13.9. The minimum atomic E-state index is -0.704. The van der Waals surface area contributed by atoms with Crippen LogP contribution in [0.1, 0.15) is 51.5 Å². The smallest absolute Gasteiger partial charge is 0.128 e. The molecule has 1 nitrogen and oxygen atoms in total. The lowest BCUT2D eigenvalue weighted by Gasteiger charge is -2.39. The van der Waals surface area contributed by atoms with E-state index >= 15 is 0 Å². The van der Waals surface area contributed by atoms with Crippen molar-refractivity contribution in [1.29, 1.82) is 0 Å². The molecule has 0 heterocycles. The molecule has 1 saturated carbocycles. The topological polar surface area (TPSA) is 26.0 Å². The normalized spacial score (nSPS) is 27.8. The zero-order valence-electron chi connectivity index (χ0n) is 11.8. The van der Waals surface area contributed by atoms with Gasteiger partial charge in [0.1, 0.15) is 11.6 Å². The molecule has 2 atom stereocenters. The van der Waals surface area contributed by atoms with Gasteiger partial charge in [0.2, 0.25) is 0 Å². The fraction of sp³-hybridized carbons (Fsp3) is 0.625. The largest absolute Gasteiger partial charge is 0.321 e. The average molecular weight is 267 g/mol. The van der Waals surface area contributed by atoms with Crippen molar-refractivity contribution in [3.05, 3.63) is 35.4 Å². The quantitative estimate of drug-likeness (QED) is 0.865. The first-order valence-electron chi connectivity index (χ1n) is 7.15. The molecule has 1 fully saturated rings. The van der Waals surface area contributed by atoms with Crippen LogP contribution in [0, 0.1) is 23.5 Å². The van der Waals surface area contributed by atoms with Crippen molar-refractivity contribution in [2.75, 3.05) is 0 Å². The van der Waals surface area contributed by atoms with E-state index in [9.17, 15) is 8.78 Å². The Hall–Kier alpha value is -0.960. The summed E-state index contributed by atoms with van der Waals surface area (Å²) < 4.78 is 27.3. The zero-order valence-corrected chi connectivity index (χ0v) is 11.8. The summed E-state index contributed by atoms with van der Waals surface area (Å²) in [6.07, 6.45) is 4.74. The van der Waals surface area contributed by atoms with Gasteiger partial charge >= 0.3 is 0 Å². The molecule has 2 rings (SSSR count). The minimum absolute atomic E-state index is 0.348. The molecule has 106 valence electrons. The van der Waals surface area contributed by atoms with E-state index in [1.165, 1.54) is 12.1 Å². The van der Waals surface area contributed by atoms with E-state index < -0.39 is 11.4 Å². The molecule has 1 aliphatic carbocycles. The standard InChI is InChI=1S/C16H23F2N/c1-11(2)8-12-4-3-7-16(19,10-12)14-9-13(17)5-6-15(14)18/h5-6,9,11-12H,3-4,7-8,10,19H2,1-2H3. The Morgan fingerprint density at radius 2 is 2.11 bits per heavy atom. The van der Waals surface area contributed by atoms with Gasteiger partial charge in [-0.2, -0.15) is 0 Å². The Morgan fingerprint density at radius 3 is 2.79 bits per heavy atom. The van der Waals surface area contributed by atoms with Gasteiger partial charge in [0.15, 0.2) is 0 Å². The monoisotopic (exact) mass is 267 g/mol. The van der Waals surface area contributed by atoms with E-state index in [4.69, 9.17) is 5.73 Å². The van der Waals surface area contributed by atoms with Crippen LogP contribution in [0.2, 0.25) is 0 Å². The van der Waals surface area contributed by atoms with Crippen LogP contribution in [0.4, 0.5) is 8.78 Å². The molecular weight excluding hydrogens is 244 g/mol. The van der Waals surface area contributed by atoms with Gasteiger partial charge in [-0.1, -0.05) is 26.7 Å². The first-order chi connectivity index (χ1) is 8.90. The van der Waals surface area contributed by atoms with Crippen molar-refractivity contribution >= 4 is 0 Å². The van der Waals surface area contributed by atoms with Crippen LogP contribution >= 0.6 is 0 Å². The molecule has 2 unspecified atom stereocenters. The Kier molecular flexibility index (Phi) is 4.24. The highest BCUT2D eigenvalue weighted by Gasteiger charge is 2.36. The average Bonchev–Trinajstić information content (AvgIpc) is 2.31. The second-order valence-corrected chi connectivity index (χ2v) is 6.37. The molecule has 0 aliphatic heterocycles. The molecule has 0 saturated heterocycles. The molecule has 1 aliphatic rings. The highest BCUT2D eigenvalue weighted by atomic mass is 19.1. The molecule has 0 amide bonds. The Balaban J connectivity index is 2.23. The third-order valence-electron chi connectivity index (χ3n) is 4.16. The van der Waals surface area contributed by atoms with E-state index in [0.29, 0.717) is 17.4 Å². The molecule has 1 aromatic carbocycles. The summed E-state index contributed by atoms with van der Waals surface area (Å²) in [5, 5.41) is 0. The van der Waals surface area contributed by atoms with E-state index in [1.807, 2.05) is 0 Å². The van der Waals surface area contributed by atoms with Gasteiger partial charge in [0, 0.05) is 11.1 Å². The number of benzene rings is 1. The highest BCUT2D eigenvalue weighted by molar-refractivity contribution is 5.27. The number of hydrogen-bond donors (Lipinski definition) is 1. The number of rotatable bonds is 3. The van der Waals surface area contributed by atoms with Gasteiger partial charge in [-0.05, 0) is 49.3 Å². The van der Waals surface area contributed by atoms with Crippen LogP contribution in [0.3, 0.4) is 0 Å². The molecular formula is C16H23F2N. The maximum atomic E-state index is 13.9. The molecule has 0 aromatic heterocycles. The van der Waals surface area contributed by atoms with Crippen LogP contribution in [0.15, 0.2) is 18.2 Å². The van der Waals surface area contributed by atoms with Gasteiger partial charge in [-0.3, -0.25) is 0 Å². The van der Waals surface area contributed by atoms with Crippen LogP contribution in [-0.4, -0.2) is 0 Å². The molecule has 3 heteroatoms. The van der Waals surface area contributed by atoms with Crippen LogP contribution in [-0.2, 0) is 5.54 Å². The van der Waals surface area contributed by atoms with Gasteiger partial charge in [0.25, 0.3) is 0 Å². The Bertz CT molecular complexity index is 444. The molecule has 0 bridgehead atoms. The highest BCUT2D eigenvalue weighted by Crippen LogP contribution is 2.41. The van der Waals surface area contributed by atoms with E-state index in [2.05, 4.69) is 13.8 Å². The van der Waals surface area contributed by atoms with Crippen molar-refractivity contribution in [2.45, 2.75) is 51.5 Å². The SMILES string of the molecule is CC(C)CC1CCCC(N)(c2cc(F)ccc2F)C1. The van der Waals surface area contributed by atoms with Crippen LogP contribution < -0.4 is 5.73 Å². The molecule has 2 N–H and O–H groups in total. The first-order valence-corrected chi connectivity index (χ1v) is 7.15. The summed E-state index contributed by atoms with van der Waals surface area (Å²) in [6, 6.07) is 3.61. The second-order valence-electron chi connectivity index (χ2n) is 6.37. The van der Waals surface area contributed by atoms with Gasteiger partial charge in [-0.15, -0.1) is 0 Å². The van der Waals surface area contributed by atoms with Crippen LogP contribution in [0.25, 0.3) is 0 Å². The first kappa shape index (κ1) is 14.4. The van der Waals surface area contributed by atoms with Gasteiger partial charge < -0.3 is 5.73 Å². The third kappa shape index (κ3) is 3.33. The Labute approximate surface area is 114 Å². The fourth-order valence-electron chi connectivity index (χ4n) is 3.42. The lowest BCUT2D eigenvalue weighted by atomic mass is 9.70. The maximum Gasteiger partial charge on any atom is 0.128 e. The Morgan fingerprint density at radius 1 is 1.37 bits per heavy atom. The van der Waals surface area contributed by atoms with Crippen molar-refractivity contribution in [1.82, 2.24) is 0 Å². The van der Waals surface area contributed by atoms with Crippen molar-refractivity contribution in [3.8, 4) is 0 Å². The lowest BCUT2D eigenvalue weighted by Crippen LogP contribution is -2.42. The fourth-order valence-corrected chi connectivity index (χ4v) is 3.42. The molecule has 1 aromatic rings. The summed E-state index contributed by atoms with van der Waals surface area (Å²) in [7, 11) is 0. The van der Waals surface area contributed by atoms with Crippen molar-refractivity contribution in [2.24, 2.45) is 17.6 Å². The van der Waals surface area contributed by atoms with E-state index in [0.717, 1.165) is 38.2 Å². The van der Waals surface area contributed by atoms with Crippen molar-refractivity contribution < 1.29 is 8.78 Å². The minimum Gasteiger partial charge on any atom is -0.321 e. The van der Waals surface area contributed by atoms with Crippen molar-refractivity contribution in [3.63, 3.8) is 0 Å². The summed E-state index contributed by atoms with van der Waals surface area (Å²) >= 11 is 0. The predicted octanol–water partition coefficient (Wildman–Crippen LogP) is 4.36. The number of hydrogen-bond acceptors (Lipinski definition) is 1. The van der Waals surface area contributed by atoms with E-state index in [1.54, 1.807) is 0 Å². The van der Waals surface area contributed by atoms with Gasteiger partial charge in [-0.25, -0.2) is 8.78 Å². The predicted molar refractivity (Wildman–Crippen MR) is 73.6 cm³/mol. The number of halogens is 2. The van der Waals surface area contributed by atoms with Gasteiger partial charge in [0.05, 0.1) is 0 Å². The summed E-state index contributed by atoms with van der Waals surface area (Å²) in [4.78, 5) is 0.